The summed E-state index contributed by atoms with van der Waals surface area (Å²) in [7, 11) is 1.36. The van der Waals surface area contributed by atoms with E-state index in [1.54, 1.807) is 36.5 Å². The number of amidine groups is 1. The molecule has 3 aliphatic heterocycles. The fourth-order valence-corrected chi connectivity index (χ4v) is 16.4. The van der Waals surface area contributed by atoms with Gasteiger partial charge in [0, 0.05) is 120 Å². The summed E-state index contributed by atoms with van der Waals surface area (Å²) in [6.45, 7) is -1.26. The van der Waals surface area contributed by atoms with E-state index >= 15 is 0 Å². The number of likely N-dealkylation sites (N-methyl/N-ethyl adjacent to an activating group) is 1. The second kappa shape index (κ2) is 69.1. The molecule has 4 aromatic rings. The predicted molar refractivity (Wildman–Crippen MR) is 540 cm³/mol. The highest BCUT2D eigenvalue weighted by molar-refractivity contribution is 6.00. The third kappa shape index (κ3) is 48.5. The van der Waals surface area contributed by atoms with Gasteiger partial charge in [-0.2, -0.15) is 0 Å². The maximum Gasteiger partial charge on any atom is 0.317 e. The van der Waals surface area contributed by atoms with Crippen LogP contribution in [0.3, 0.4) is 0 Å². The van der Waals surface area contributed by atoms with E-state index in [2.05, 4.69) is 111 Å². The lowest BCUT2D eigenvalue weighted by atomic mass is 10.0. The van der Waals surface area contributed by atoms with Gasteiger partial charge in [-0.25, -0.2) is 10.5 Å². The zero-order valence-electron chi connectivity index (χ0n) is 84.3. The van der Waals surface area contributed by atoms with E-state index in [1.165, 1.54) is 77.4 Å². The van der Waals surface area contributed by atoms with E-state index in [-0.39, 0.29) is 134 Å². The van der Waals surface area contributed by atoms with Crippen molar-refractivity contribution in [2.75, 3.05) is 92.4 Å². The van der Waals surface area contributed by atoms with Gasteiger partial charge in [0.2, 0.25) is 94.5 Å². The number of rotatable bonds is 61. The number of hydrogen-bond acceptors (Lipinski definition) is 30. The number of nitrogens with zero attached hydrogens (tertiary/aromatic N) is 5. The Kier molecular flexibility index (Phi) is 57.3. The van der Waals surface area contributed by atoms with Crippen molar-refractivity contribution in [3.05, 3.63) is 90.1 Å². The Morgan fingerprint density at radius 1 is 0.608 bits per heavy atom. The lowest BCUT2D eigenvalue weighted by Crippen LogP contribution is -2.60. The molecule has 0 saturated carbocycles. The summed E-state index contributed by atoms with van der Waals surface area (Å²) in [5.41, 5.74) is 39.2. The number of carboxylic acid groups (broad SMARTS) is 2. The quantitative estimate of drug-likeness (QED) is 0.0112. The minimum absolute atomic E-state index is 0.00276. The second-order valence-corrected chi connectivity index (χ2v) is 36.4. The molecule has 2 saturated heterocycles. The van der Waals surface area contributed by atoms with E-state index in [4.69, 9.17) is 38.1 Å². The number of aliphatic carboxylic acids is 2. The van der Waals surface area contributed by atoms with Gasteiger partial charge in [0.25, 0.3) is 0 Å². The van der Waals surface area contributed by atoms with Gasteiger partial charge in [0.05, 0.1) is 64.5 Å². The molecular formula is C96H152N28O24. The Labute approximate surface area is 858 Å². The van der Waals surface area contributed by atoms with Crippen molar-refractivity contribution in [1.82, 2.24) is 110 Å². The Morgan fingerprint density at radius 2 is 1.21 bits per heavy atom. The smallest absolute Gasteiger partial charge is 0.317 e. The Hall–Kier alpha value is -14.1. The molecular weight excluding hydrogens is 1930 g/mol. The minimum Gasteiger partial charge on any atom is -0.480 e. The number of aliphatic hydroxyl groups is 2. The van der Waals surface area contributed by atoms with Crippen LogP contribution in [0.2, 0.25) is 0 Å². The number of guanidine groups is 1. The topological polar surface area (TPSA) is 805 Å². The summed E-state index contributed by atoms with van der Waals surface area (Å²) in [5.74, 6) is -14.0. The number of nitrogens with two attached hydrogens (primary N) is 5. The summed E-state index contributed by atoms with van der Waals surface area (Å²) in [6.07, 6.45) is 20.5. The molecule has 9 unspecified atom stereocenters. The minimum atomic E-state index is -1.70. The van der Waals surface area contributed by atoms with E-state index in [0.717, 1.165) is 58.6 Å². The van der Waals surface area contributed by atoms with Crippen molar-refractivity contribution in [3.63, 3.8) is 0 Å². The molecule has 52 heteroatoms. The average Bonchev–Trinajstić information content (AvgIpc) is 1.66. The van der Waals surface area contributed by atoms with Gasteiger partial charge in [0.1, 0.15) is 72.9 Å². The molecule has 2 fully saturated rings. The first-order valence-electron chi connectivity index (χ1n) is 50.5. The van der Waals surface area contributed by atoms with Crippen molar-refractivity contribution in [3.8, 4) is 0 Å². The van der Waals surface area contributed by atoms with Crippen LogP contribution in [0.25, 0.3) is 10.9 Å². The molecule has 0 bridgehead atoms. The van der Waals surface area contributed by atoms with Crippen molar-refractivity contribution < 1.29 is 116 Å². The molecule has 3 aliphatic rings. The Bertz CT molecular complexity index is 4940. The third-order valence-corrected chi connectivity index (χ3v) is 24.5. The van der Waals surface area contributed by atoms with Gasteiger partial charge in [-0.1, -0.05) is 139 Å². The number of aromatic amines is 2. The van der Waals surface area contributed by atoms with E-state index in [1.807, 2.05) is 31.2 Å². The highest BCUT2D eigenvalue weighted by atomic mass is 16.5. The molecule has 0 spiro atoms. The number of aliphatic imine (C=N–C) groups is 1. The van der Waals surface area contributed by atoms with Crippen LogP contribution in [0.1, 0.15) is 210 Å². The van der Waals surface area contributed by atoms with Crippen molar-refractivity contribution in [2.24, 2.45) is 38.8 Å². The first kappa shape index (κ1) is 123. The number of unbranched alkanes of at least 4 members (excludes halogenated alkanes) is 13. The number of fused-ring (bicyclic) bond motifs is 2. The number of para-hydroxylation sites is 1. The summed E-state index contributed by atoms with van der Waals surface area (Å²) < 4.78 is 10.8. The molecule has 52 nitrogen and oxygen atoms in total. The molecule has 148 heavy (non-hydrogen) atoms. The highest BCUT2D eigenvalue weighted by Gasteiger charge is 2.43. The molecule has 5 heterocycles. The maximum absolute atomic E-state index is 14.4. The van der Waals surface area contributed by atoms with Crippen molar-refractivity contribution in [1.29, 1.82) is 0 Å². The van der Waals surface area contributed by atoms with Crippen LogP contribution in [0.15, 0.2) is 83.4 Å². The normalized spacial score (nSPS) is 18.5. The number of aliphatic hydroxyl groups excluding tert-OH is 2. The molecule has 0 aliphatic carbocycles. The molecule has 12 atom stereocenters. The largest absolute Gasteiger partial charge is 0.480 e. The van der Waals surface area contributed by atoms with Crippen molar-refractivity contribution >= 4 is 129 Å². The van der Waals surface area contributed by atoms with Gasteiger partial charge in [0.15, 0.2) is 5.96 Å². The Balaban J connectivity index is 0.000000474. The van der Waals surface area contributed by atoms with Gasteiger partial charge >= 0.3 is 11.9 Å². The number of hydrazone groups is 1. The lowest BCUT2D eigenvalue weighted by molar-refractivity contribution is -0.142. The van der Waals surface area contributed by atoms with E-state index in [0.29, 0.717) is 55.5 Å². The van der Waals surface area contributed by atoms with Crippen LogP contribution in [-0.2, 0) is 115 Å². The summed E-state index contributed by atoms with van der Waals surface area (Å²) in [4.78, 5) is 252. The first-order chi connectivity index (χ1) is 71.0. The monoisotopic (exact) mass is 2080 g/mol. The van der Waals surface area contributed by atoms with Crippen LogP contribution in [-0.4, -0.2) is 328 Å². The fourth-order valence-electron chi connectivity index (χ4n) is 16.4. The van der Waals surface area contributed by atoms with Gasteiger partial charge in [-0.3, -0.25) is 102 Å². The number of imidazole rings is 1. The molecule has 32 N–H and O–H groups in total. The number of ether oxygens (including phenoxy) is 2. The number of hydrazine groups is 2. The zero-order valence-corrected chi connectivity index (χ0v) is 84.3. The number of H-pyrrole nitrogens is 2. The molecule has 2 aromatic carbocycles. The molecule has 820 valence electrons. The fraction of sp³-hybridized carbons (Fsp3) is 0.615. The summed E-state index contributed by atoms with van der Waals surface area (Å²) in [5, 5.41) is 77.8. The number of hydrogen-bond donors (Lipinski definition) is 27. The van der Waals surface area contributed by atoms with Gasteiger partial charge < -0.3 is 143 Å². The summed E-state index contributed by atoms with van der Waals surface area (Å²) >= 11 is 0. The predicted octanol–water partition coefficient (Wildman–Crippen LogP) is -4.72. The van der Waals surface area contributed by atoms with Crippen LogP contribution in [0.4, 0.5) is 0 Å². The maximum atomic E-state index is 14.4. The molecule has 0 radical (unpaired) electrons. The highest BCUT2D eigenvalue weighted by Crippen LogP contribution is 2.24. The van der Waals surface area contributed by atoms with Gasteiger partial charge in [-0.05, 0) is 87.8 Å². The first-order valence-corrected chi connectivity index (χ1v) is 50.5. The number of carbonyl (C=O) groups is 18. The van der Waals surface area contributed by atoms with Crippen LogP contribution in [0, 0.1) is 0 Å². The van der Waals surface area contributed by atoms with Crippen molar-refractivity contribution in [2.45, 2.75) is 285 Å². The lowest BCUT2D eigenvalue weighted by Gasteiger charge is -2.29. The Morgan fingerprint density at radius 3 is 1.84 bits per heavy atom. The van der Waals surface area contributed by atoms with E-state index < -0.39 is 213 Å². The van der Waals surface area contributed by atoms with Crippen LogP contribution < -0.4 is 114 Å². The number of primary amides is 2. The zero-order chi connectivity index (χ0) is 108. The van der Waals surface area contributed by atoms with Gasteiger partial charge in [-0.15, -0.1) is 10.6 Å². The molecule has 2 aromatic heterocycles. The number of aromatic nitrogens is 3. The number of benzene rings is 2. The van der Waals surface area contributed by atoms with Crippen LogP contribution in [0.5, 0.6) is 0 Å². The number of carboxylic acids is 2. The third-order valence-electron chi connectivity index (χ3n) is 24.5. The van der Waals surface area contributed by atoms with E-state index in [9.17, 15) is 107 Å². The van der Waals surface area contributed by atoms with Crippen LogP contribution >= 0.6 is 0 Å². The SMILES string of the molecule is CCCCC(NC(=O)C(CCN(CC(=O)O)CC(=O)O)NC(=O)C(Cc1cnc[nH]1)NC(=O)C(CCC(N)=O)NC(=O)C(CO)NC(=O)CNC(=O)COCCOCCNC(=O)CCCCCCCCCCCCCCCC1=NNNN1)C(=O)NC.NC(=O)C1CCCCNC(=O)CCC(N)C(=O)N2C[C@H](O)C[C@H]2C(=O)N[C@H](Cc2ccccc2)C(=O)NC(CCCN=C(N)N)C(=O)NC(Cc2c[nH]c3ccccc23)C(=O)N1. The second-order valence-electron chi connectivity index (χ2n) is 36.4. The molecule has 16 amide bonds. The number of nitrogens with one attached hydrogen (secondary N) is 18. The molecule has 7 rings (SSSR count). The number of amides is 16. The number of carbonyl (C=O) groups excluding carboxylic acids is 16. The average molecular weight is 2080 g/mol. The summed E-state index contributed by atoms with van der Waals surface area (Å²) in [6, 6.07) is 1.30. The standard InChI is InChI=1S/C54H94N16O16.C42H58N12O8/c1-3-4-18-38(50(80)56-2)62-52(82)40(23-25-70(32-48(76)77)33-49(78)79)64-53(83)41(29-37-30-57-36-60-37)65-51(81)39(21-22-43(55)72)63-54(84)42(34-71)61-46(74)31-59-47(75)35-86-28-27-85-26-24-58-45(73)20-17-15-13-11-9-7-5-6-8-10-12-14-16-19-44-66-68-69-67-44;43-28-15-16-35(56)47-17-7-6-13-30(36(44)57)50-39(60)33(20-25-22-49-29-12-5-4-11-27(25)29)52-37(58)31(14-8-18-48-42(45)46)51-38(59)32(19-24-9-2-1-3-10-24)53-40(61)34-21-26(55)23-54(34)41(28)62/h30,36,38-42,68-69,71H,3-29,31-35H2,1-2H3,(H2,55,72)(H,56,80)(H,57,60)(H,58,73)(H,59,75)(H,61,74)(H,62,82)(H,63,84)(H,64,83)(H,65,81)(H,66,67)(H,76,77)(H,78,79);1-5,9-12,22,26,28,30-34,49,55H,6-8,13-21,23,43H2,(H2,44,57)(H,47,56)(H,50,60)(H,51,59)(H,52,58)(H,53,61)(H4,45,46,48)/t;26-,28?,30?,31?,32-,33?,34+/m.1/s1.